The van der Waals surface area contributed by atoms with E-state index in [1.54, 1.807) is 37.3 Å². The molecule has 0 amide bonds. The van der Waals surface area contributed by atoms with E-state index in [4.69, 9.17) is 9.47 Å². The quantitative estimate of drug-likeness (QED) is 0.262. The molecular weight excluding hydrogens is 560 g/mol. The van der Waals surface area contributed by atoms with Gasteiger partial charge >= 0.3 is 15.5 Å². The highest BCUT2D eigenvalue weighted by molar-refractivity contribution is 7.93. The van der Waals surface area contributed by atoms with Crippen molar-refractivity contribution < 1.29 is 40.6 Å². The van der Waals surface area contributed by atoms with Crippen molar-refractivity contribution in [2.75, 3.05) is 4.72 Å². The number of fused-ring (bicyclic) bond motifs is 2. The summed E-state index contributed by atoms with van der Waals surface area (Å²) < 4.78 is 88.9. The van der Waals surface area contributed by atoms with Gasteiger partial charge in [-0.1, -0.05) is 12.1 Å². The van der Waals surface area contributed by atoms with E-state index in [1.807, 2.05) is 0 Å². The zero-order valence-electron chi connectivity index (χ0n) is 20.3. The predicted octanol–water partition coefficient (Wildman–Crippen LogP) is 5.95. The third kappa shape index (κ3) is 5.80. The van der Waals surface area contributed by atoms with Gasteiger partial charge in [0, 0.05) is 23.2 Å². The van der Waals surface area contributed by atoms with Crippen molar-refractivity contribution in [3.8, 4) is 11.5 Å². The molecule has 1 aliphatic heterocycles. The van der Waals surface area contributed by atoms with Gasteiger partial charge in [-0.2, -0.15) is 21.6 Å². The maximum absolute atomic E-state index is 13.4. The van der Waals surface area contributed by atoms with Crippen molar-refractivity contribution in [3.63, 3.8) is 0 Å². The van der Waals surface area contributed by atoms with Crippen LogP contribution in [0.3, 0.4) is 0 Å². The van der Waals surface area contributed by atoms with Crippen molar-refractivity contribution in [1.29, 1.82) is 0 Å². The molecule has 2 N–H and O–H groups in total. The number of ether oxygens (including phenoxy) is 2. The highest BCUT2D eigenvalue weighted by atomic mass is 32.2. The molecule has 1 aliphatic rings. The van der Waals surface area contributed by atoms with E-state index < -0.39 is 33.7 Å². The molecule has 0 aliphatic carbocycles. The fraction of sp³-hybridized carbons (Fsp3) is 0.269. The fourth-order valence-electron chi connectivity index (χ4n) is 4.41. The summed E-state index contributed by atoms with van der Waals surface area (Å²) in [7, 11) is -5.56. The number of hydrogen-bond acceptors (Lipinski definition) is 7. The zero-order chi connectivity index (χ0) is 27.9. The maximum Gasteiger partial charge on any atom is 0.516 e. The number of aliphatic hydroxyl groups excluding tert-OH is 1. The van der Waals surface area contributed by atoms with Gasteiger partial charge in [-0.15, -0.1) is 11.3 Å². The van der Waals surface area contributed by atoms with Crippen molar-refractivity contribution in [2.45, 2.75) is 37.7 Å². The summed E-state index contributed by atoms with van der Waals surface area (Å²) in [5.41, 5.74) is -4.15. The Morgan fingerprint density at radius 3 is 2.69 bits per heavy atom. The minimum absolute atomic E-state index is 0.136. The molecular formula is C26H22F4N2O5S2. The minimum Gasteiger partial charge on any atom is -0.490 e. The summed E-state index contributed by atoms with van der Waals surface area (Å²) in [6, 6.07) is 15.0. The first-order valence-corrected chi connectivity index (χ1v) is 14.0. The van der Waals surface area contributed by atoms with Gasteiger partial charge in [0.05, 0.1) is 16.3 Å². The highest BCUT2D eigenvalue weighted by Crippen LogP contribution is 2.42. The number of thiazole rings is 1. The molecule has 0 radical (unpaired) electrons. The summed E-state index contributed by atoms with van der Waals surface area (Å²) in [5.74, 6) is 0.0721. The number of alkyl halides is 3. The Bertz CT molecular complexity index is 1620. The number of aromatic nitrogens is 1. The number of aliphatic hydroxyl groups is 1. The lowest BCUT2D eigenvalue weighted by atomic mass is 9.83. The number of benzene rings is 3. The second kappa shape index (κ2) is 10.3. The monoisotopic (exact) mass is 582 g/mol. The topological polar surface area (TPSA) is 97.8 Å². The van der Waals surface area contributed by atoms with E-state index in [9.17, 15) is 31.1 Å². The second-order valence-corrected chi connectivity index (χ2v) is 11.9. The molecule has 3 atom stereocenters. The molecule has 13 heteroatoms. The normalized spacial score (nSPS) is 19.4. The first kappa shape index (κ1) is 27.2. The number of rotatable bonds is 7. The first-order chi connectivity index (χ1) is 18.4. The predicted molar refractivity (Wildman–Crippen MR) is 138 cm³/mol. The average molecular weight is 583 g/mol. The van der Waals surface area contributed by atoms with E-state index in [0.717, 1.165) is 4.70 Å². The van der Waals surface area contributed by atoms with Crippen LogP contribution in [0.5, 0.6) is 11.5 Å². The Labute approximate surface area is 225 Å². The Balaban J connectivity index is 1.30. The van der Waals surface area contributed by atoms with Crippen molar-refractivity contribution in [3.05, 3.63) is 82.6 Å². The molecule has 0 saturated carbocycles. The summed E-state index contributed by atoms with van der Waals surface area (Å²) in [5, 5.41) is 11.9. The molecule has 206 valence electrons. The van der Waals surface area contributed by atoms with E-state index in [1.165, 1.54) is 46.4 Å². The molecule has 3 aromatic carbocycles. The lowest BCUT2D eigenvalue weighted by Gasteiger charge is -2.36. The summed E-state index contributed by atoms with van der Waals surface area (Å²) in [6.07, 6.45) is -1.23. The molecule has 0 saturated heterocycles. The number of nitrogens with one attached hydrogen (secondary N) is 1. The third-order valence-corrected chi connectivity index (χ3v) is 8.46. The standard InChI is InChI=1S/C26H22F4N2O5S2/c1-14-19(10-15-3-2-4-17(9-15)32-39(34,35)26(28,29)30)25(33)20-12-18(6-7-22(20)37-14)36-13-24-31-21-11-16(27)5-8-23(21)38-24/h2-9,11-12,14,19,25,32-33H,10,13H2,1H3/t14-,19-,25-/m0/s1. The average Bonchev–Trinajstić information content (AvgIpc) is 3.27. The molecule has 0 spiro atoms. The van der Waals surface area contributed by atoms with E-state index in [-0.39, 0.29) is 24.5 Å². The van der Waals surface area contributed by atoms with Crippen molar-refractivity contribution in [1.82, 2.24) is 4.98 Å². The van der Waals surface area contributed by atoms with E-state index in [2.05, 4.69) is 4.98 Å². The molecule has 4 aromatic rings. The SMILES string of the molecule is C[C@@H]1Oc2ccc(OCc3nc4cc(F)ccc4s3)cc2[C@@H](O)[C@H]1Cc1cccc(NS(=O)(=O)C(F)(F)F)c1. The van der Waals surface area contributed by atoms with Crippen molar-refractivity contribution in [2.24, 2.45) is 5.92 Å². The van der Waals surface area contributed by atoms with E-state index in [0.29, 0.717) is 33.2 Å². The van der Waals surface area contributed by atoms with Crippen LogP contribution in [0.25, 0.3) is 10.2 Å². The molecule has 7 nitrogen and oxygen atoms in total. The zero-order valence-corrected chi connectivity index (χ0v) is 21.9. The van der Waals surface area contributed by atoms with Gasteiger partial charge in [-0.3, -0.25) is 4.72 Å². The summed E-state index contributed by atoms with van der Waals surface area (Å²) >= 11 is 1.38. The lowest BCUT2D eigenvalue weighted by molar-refractivity contribution is -0.0429. The number of nitrogens with zero attached hydrogens (tertiary/aromatic N) is 1. The molecule has 0 unspecified atom stereocenters. The van der Waals surface area contributed by atoms with Gasteiger partial charge in [0.2, 0.25) is 0 Å². The van der Waals surface area contributed by atoms with Gasteiger partial charge in [-0.25, -0.2) is 9.37 Å². The Morgan fingerprint density at radius 1 is 1.13 bits per heavy atom. The Hall–Kier alpha value is -3.42. The van der Waals surface area contributed by atoms with Gasteiger partial charge in [0.25, 0.3) is 0 Å². The molecule has 39 heavy (non-hydrogen) atoms. The van der Waals surface area contributed by atoms with Gasteiger partial charge in [0.1, 0.15) is 35.0 Å². The molecule has 0 fully saturated rings. The van der Waals surface area contributed by atoms with Gasteiger partial charge < -0.3 is 14.6 Å². The van der Waals surface area contributed by atoms with Gasteiger partial charge in [0.15, 0.2) is 0 Å². The fourth-order valence-corrected chi connectivity index (χ4v) is 5.82. The Morgan fingerprint density at radius 2 is 1.92 bits per heavy atom. The van der Waals surface area contributed by atoms with E-state index >= 15 is 0 Å². The molecule has 0 bridgehead atoms. The number of halogens is 4. The van der Waals surface area contributed by atoms with Crippen LogP contribution in [0.1, 0.15) is 29.2 Å². The van der Waals surface area contributed by atoms with Crippen LogP contribution in [0.4, 0.5) is 23.2 Å². The van der Waals surface area contributed by atoms with Crippen LogP contribution in [0, 0.1) is 11.7 Å². The van der Waals surface area contributed by atoms with Crippen LogP contribution >= 0.6 is 11.3 Å². The molecule has 5 rings (SSSR count). The summed E-state index contributed by atoms with van der Waals surface area (Å²) in [4.78, 5) is 4.38. The largest absolute Gasteiger partial charge is 0.516 e. The van der Waals surface area contributed by atoms with Crippen molar-refractivity contribution >= 4 is 37.3 Å². The van der Waals surface area contributed by atoms with Crippen LogP contribution in [0.15, 0.2) is 60.7 Å². The summed E-state index contributed by atoms with van der Waals surface area (Å²) in [6.45, 7) is 1.91. The van der Waals surface area contributed by atoms with Crippen LogP contribution in [0.2, 0.25) is 0 Å². The van der Waals surface area contributed by atoms with Crippen LogP contribution in [-0.2, 0) is 23.1 Å². The van der Waals surface area contributed by atoms with Crippen LogP contribution in [-0.4, -0.2) is 30.1 Å². The second-order valence-electron chi connectivity index (χ2n) is 9.10. The number of sulfonamides is 1. The smallest absolute Gasteiger partial charge is 0.490 e. The van der Waals surface area contributed by atoms with Gasteiger partial charge in [-0.05, 0) is 61.4 Å². The number of anilines is 1. The maximum atomic E-state index is 13.4. The molecule has 2 heterocycles. The molecule has 1 aromatic heterocycles. The van der Waals surface area contributed by atoms with Crippen LogP contribution < -0.4 is 14.2 Å². The Kier molecular flexibility index (Phi) is 7.16. The number of hydrogen-bond donors (Lipinski definition) is 2. The lowest BCUT2D eigenvalue weighted by Crippen LogP contribution is -2.35. The highest BCUT2D eigenvalue weighted by Gasteiger charge is 2.46. The third-order valence-electron chi connectivity index (χ3n) is 6.33. The first-order valence-electron chi connectivity index (χ1n) is 11.7. The minimum atomic E-state index is -5.56.